The second-order valence-electron chi connectivity index (χ2n) is 3.23. The molecule has 16 heavy (non-hydrogen) atoms. The van der Waals surface area contributed by atoms with Gasteiger partial charge < -0.3 is 9.84 Å². The summed E-state index contributed by atoms with van der Waals surface area (Å²) in [5, 5.41) is 8.71. The van der Waals surface area contributed by atoms with Gasteiger partial charge in [-0.15, -0.1) is 0 Å². The van der Waals surface area contributed by atoms with Gasteiger partial charge in [-0.1, -0.05) is 6.92 Å². The van der Waals surface area contributed by atoms with E-state index in [9.17, 15) is 13.6 Å². The zero-order valence-electron chi connectivity index (χ0n) is 8.80. The third-order valence-electron chi connectivity index (χ3n) is 1.93. The lowest BCUT2D eigenvalue weighted by molar-refractivity contribution is 0.0494. The van der Waals surface area contributed by atoms with Crippen LogP contribution in [0.4, 0.5) is 8.78 Å². The van der Waals surface area contributed by atoms with Gasteiger partial charge in [-0.2, -0.15) is 0 Å². The maximum absolute atomic E-state index is 13.3. The molecule has 3 nitrogen and oxygen atoms in total. The predicted octanol–water partition coefficient (Wildman–Crippen LogP) is 2.02. The van der Waals surface area contributed by atoms with Crippen LogP contribution in [-0.2, 0) is 11.3 Å². The molecule has 0 aliphatic heterocycles. The first-order valence-electron chi connectivity index (χ1n) is 4.86. The van der Waals surface area contributed by atoms with Crippen molar-refractivity contribution in [1.82, 2.24) is 0 Å². The molecule has 1 N–H and O–H groups in total. The van der Waals surface area contributed by atoms with E-state index in [1.165, 1.54) is 0 Å². The average molecular weight is 230 g/mol. The second-order valence-corrected chi connectivity index (χ2v) is 3.23. The number of halogens is 2. The minimum Gasteiger partial charge on any atom is -0.462 e. The van der Waals surface area contributed by atoms with Crippen LogP contribution in [0.3, 0.4) is 0 Å². The van der Waals surface area contributed by atoms with Gasteiger partial charge in [0.1, 0.15) is 17.2 Å². The van der Waals surface area contributed by atoms with E-state index in [1.807, 2.05) is 0 Å². The first kappa shape index (κ1) is 12.6. The summed E-state index contributed by atoms with van der Waals surface area (Å²) in [7, 11) is 0. The molecule has 1 aromatic rings. The SMILES string of the molecule is CCCOC(=O)c1c(F)cc(CO)cc1F. The van der Waals surface area contributed by atoms with E-state index in [2.05, 4.69) is 4.74 Å². The molecule has 0 radical (unpaired) electrons. The fourth-order valence-electron chi connectivity index (χ4n) is 1.18. The van der Waals surface area contributed by atoms with E-state index >= 15 is 0 Å². The van der Waals surface area contributed by atoms with Crippen LogP contribution in [0.2, 0.25) is 0 Å². The van der Waals surface area contributed by atoms with Crippen molar-refractivity contribution in [2.45, 2.75) is 20.0 Å². The molecular weight excluding hydrogens is 218 g/mol. The highest BCUT2D eigenvalue weighted by atomic mass is 19.1. The van der Waals surface area contributed by atoms with Crippen LogP contribution in [-0.4, -0.2) is 17.7 Å². The number of aliphatic hydroxyl groups is 1. The van der Waals surface area contributed by atoms with E-state index < -0.39 is 29.8 Å². The van der Waals surface area contributed by atoms with Crippen molar-refractivity contribution in [1.29, 1.82) is 0 Å². The van der Waals surface area contributed by atoms with E-state index in [1.54, 1.807) is 6.92 Å². The van der Waals surface area contributed by atoms with Gasteiger partial charge in [-0.05, 0) is 24.1 Å². The van der Waals surface area contributed by atoms with Crippen molar-refractivity contribution in [2.75, 3.05) is 6.61 Å². The Morgan fingerprint density at radius 1 is 1.38 bits per heavy atom. The third-order valence-corrected chi connectivity index (χ3v) is 1.93. The number of rotatable bonds is 4. The first-order chi connectivity index (χ1) is 7.60. The minimum atomic E-state index is -1.03. The van der Waals surface area contributed by atoms with Gasteiger partial charge in [0.2, 0.25) is 0 Å². The molecule has 5 heteroatoms. The van der Waals surface area contributed by atoms with Crippen LogP contribution in [0.1, 0.15) is 29.3 Å². The summed E-state index contributed by atoms with van der Waals surface area (Å²) in [4.78, 5) is 11.3. The largest absolute Gasteiger partial charge is 0.462 e. The van der Waals surface area contributed by atoms with Gasteiger partial charge in [0.05, 0.1) is 13.2 Å². The molecule has 0 unspecified atom stereocenters. The fourth-order valence-corrected chi connectivity index (χ4v) is 1.18. The number of carbonyl (C=O) groups is 1. The van der Waals surface area contributed by atoms with Gasteiger partial charge in [0.25, 0.3) is 0 Å². The summed E-state index contributed by atoms with van der Waals surface area (Å²) in [6.07, 6.45) is 0.573. The highest BCUT2D eigenvalue weighted by Crippen LogP contribution is 2.16. The van der Waals surface area contributed by atoms with Crippen molar-refractivity contribution in [2.24, 2.45) is 0 Å². The summed E-state index contributed by atoms with van der Waals surface area (Å²) in [6, 6.07) is 1.82. The molecule has 0 amide bonds. The average Bonchev–Trinajstić information content (AvgIpc) is 2.25. The molecule has 0 bridgehead atoms. The molecule has 1 aromatic carbocycles. The lowest BCUT2D eigenvalue weighted by atomic mass is 10.1. The standard InChI is InChI=1S/C11H12F2O3/c1-2-3-16-11(15)10-8(12)4-7(6-14)5-9(10)13/h4-5,14H,2-3,6H2,1H3. The van der Waals surface area contributed by atoms with Crippen molar-refractivity contribution in [3.8, 4) is 0 Å². The summed E-state index contributed by atoms with van der Waals surface area (Å²) in [5.41, 5.74) is -0.646. The summed E-state index contributed by atoms with van der Waals surface area (Å²) in [5.74, 6) is -3.07. The Kier molecular flexibility index (Phi) is 4.37. The van der Waals surface area contributed by atoms with Crippen LogP contribution in [0, 0.1) is 11.6 Å². The van der Waals surface area contributed by atoms with Gasteiger partial charge in [0.15, 0.2) is 0 Å². The van der Waals surface area contributed by atoms with E-state index in [-0.39, 0.29) is 12.2 Å². The molecule has 0 fully saturated rings. The minimum absolute atomic E-state index is 0.0713. The van der Waals surface area contributed by atoms with E-state index in [0.29, 0.717) is 6.42 Å². The number of esters is 1. The lowest BCUT2D eigenvalue weighted by Gasteiger charge is -2.06. The van der Waals surface area contributed by atoms with Crippen LogP contribution in [0.5, 0.6) is 0 Å². The molecule has 88 valence electrons. The molecule has 0 aliphatic carbocycles. The summed E-state index contributed by atoms with van der Waals surface area (Å²) >= 11 is 0. The Morgan fingerprint density at radius 3 is 2.38 bits per heavy atom. The Balaban J connectivity index is 3.00. The summed E-state index contributed by atoms with van der Waals surface area (Å²) in [6.45, 7) is 1.40. The molecule has 0 saturated heterocycles. The van der Waals surface area contributed by atoms with Gasteiger partial charge in [-0.3, -0.25) is 0 Å². The number of ether oxygens (including phenoxy) is 1. The first-order valence-corrected chi connectivity index (χ1v) is 4.86. The second kappa shape index (κ2) is 5.55. The van der Waals surface area contributed by atoms with Crippen LogP contribution in [0.25, 0.3) is 0 Å². The van der Waals surface area contributed by atoms with Crippen LogP contribution < -0.4 is 0 Å². The normalized spacial score (nSPS) is 10.2. The lowest BCUT2D eigenvalue weighted by Crippen LogP contribution is -2.11. The van der Waals surface area contributed by atoms with Gasteiger partial charge in [0, 0.05) is 0 Å². The summed E-state index contributed by atoms with van der Waals surface area (Å²) < 4.78 is 31.3. The Bertz CT molecular complexity index is 368. The highest BCUT2D eigenvalue weighted by Gasteiger charge is 2.19. The number of hydrogen-bond acceptors (Lipinski definition) is 3. The maximum atomic E-state index is 13.3. The Labute approximate surface area is 91.7 Å². The Hall–Kier alpha value is -1.49. The maximum Gasteiger partial charge on any atom is 0.344 e. The van der Waals surface area contributed by atoms with Gasteiger partial charge >= 0.3 is 5.97 Å². The molecular formula is C11H12F2O3. The topological polar surface area (TPSA) is 46.5 Å². The smallest absolute Gasteiger partial charge is 0.344 e. The van der Waals surface area contributed by atoms with E-state index in [0.717, 1.165) is 12.1 Å². The Morgan fingerprint density at radius 2 is 1.94 bits per heavy atom. The third kappa shape index (κ3) is 2.76. The number of carbonyl (C=O) groups excluding carboxylic acids is 1. The van der Waals surface area contributed by atoms with E-state index in [4.69, 9.17) is 5.11 Å². The zero-order valence-corrected chi connectivity index (χ0v) is 8.80. The van der Waals surface area contributed by atoms with Gasteiger partial charge in [-0.25, -0.2) is 13.6 Å². The zero-order chi connectivity index (χ0) is 12.1. The molecule has 0 aromatic heterocycles. The molecule has 0 heterocycles. The molecule has 0 spiro atoms. The molecule has 0 saturated carbocycles. The van der Waals surface area contributed by atoms with Crippen LogP contribution >= 0.6 is 0 Å². The van der Waals surface area contributed by atoms with Crippen molar-refractivity contribution < 1.29 is 23.4 Å². The number of hydrogen-bond donors (Lipinski definition) is 1. The highest BCUT2D eigenvalue weighted by molar-refractivity contribution is 5.90. The van der Waals surface area contributed by atoms with Crippen molar-refractivity contribution in [3.05, 3.63) is 34.9 Å². The monoisotopic (exact) mass is 230 g/mol. The molecule has 1 rings (SSSR count). The predicted molar refractivity (Wildman–Crippen MR) is 52.9 cm³/mol. The van der Waals surface area contributed by atoms with Crippen molar-refractivity contribution in [3.63, 3.8) is 0 Å². The molecule has 0 aliphatic rings. The van der Waals surface area contributed by atoms with Crippen LogP contribution in [0.15, 0.2) is 12.1 Å². The number of aliphatic hydroxyl groups excluding tert-OH is 1. The molecule has 0 atom stereocenters. The quantitative estimate of drug-likeness (QED) is 0.805. The van der Waals surface area contributed by atoms with Crippen molar-refractivity contribution >= 4 is 5.97 Å². The number of benzene rings is 1. The fraction of sp³-hybridized carbons (Fsp3) is 0.364.